The molecule has 98 valence electrons. The molecule has 3 rings (SSSR count). The lowest BCUT2D eigenvalue weighted by atomic mass is 9.47. The van der Waals surface area contributed by atoms with Gasteiger partial charge in [-0.3, -0.25) is 4.79 Å². The van der Waals surface area contributed by atoms with Gasteiger partial charge in [0.25, 0.3) is 0 Å². The molecule has 1 spiro atoms. The molecule has 0 radical (unpaired) electrons. The van der Waals surface area contributed by atoms with E-state index in [1.807, 2.05) is 12.1 Å². The third-order valence-corrected chi connectivity index (χ3v) is 4.76. The summed E-state index contributed by atoms with van der Waals surface area (Å²) in [6.07, 6.45) is 4.33. The van der Waals surface area contributed by atoms with Gasteiger partial charge in [0, 0.05) is 0 Å². The molecule has 0 aliphatic heterocycles. The van der Waals surface area contributed by atoms with Gasteiger partial charge in [-0.25, -0.2) is 0 Å². The maximum atomic E-state index is 11.4. The van der Waals surface area contributed by atoms with Crippen LogP contribution < -0.4 is 0 Å². The Morgan fingerprint density at radius 1 is 1.26 bits per heavy atom. The van der Waals surface area contributed by atoms with Gasteiger partial charge in [-0.1, -0.05) is 12.1 Å². The van der Waals surface area contributed by atoms with E-state index in [9.17, 15) is 4.79 Å². The number of methoxy groups -OCH3 is 1. The van der Waals surface area contributed by atoms with Crippen molar-refractivity contribution < 1.29 is 9.53 Å². The summed E-state index contributed by atoms with van der Waals surface area (Å²) in [6.45, 7) is 0. The predicted octanol–water partition coefficient (Wildman–Crippen LogP) is 3.01. The van der Waals surface area contributed by atoms with Crippen LogP contribution >= 0.6 is 0 Å². The lowest BCUT2D eigenvalue weighted by Gasteiger charge is -2.57. The molecule has 19 heavy (non-hydrogen) atoms. The highest BCUT2D eigenvalue weighted by Crippen LogP contribution is 2.64. The Morgan fingerprint density at radius 3 is 2.42 bits per heavy atom. The summed E-state index contributed by atoms with van der Waals surface area (Å²) in [6, 6.07) is 10.0. The topological polar surface area (TPSA) is 50.1 Å². The monoisotopic (exact) mass is 255 g/mol. The molecule has 3 nitrogen and oxygen atoms in total. The Labute approximate surface area is 113 Å². The Kier molecular flexibility index (Phi) is 2.82. The molecule has 0 N–H and O–H groups in total. The lowest BCUT2D eigenvalue weighted by Crippen LogP contribution is -2.49. The van der Waals surface area contributed by atoms with Crippen LogP contribution in [0.1, 0.15) is 42.7 Å². The molecule has 2 aliphatic rings. The quantitative estimate of drug-likeness (QED) is 0.763. The number of hydrogen-bond donors (Lipinski definition) is 0. The van der Waals surface area contributed by atoms with Gasteiger partial charge in [0.1, 0.15) is 0 Å². The van der Waals surface area contributed by atoms with Crippen molar-refractivity contribution in [2.45, 2.75) is 31.6 Å². The zero-order valence-corrected chi connectivity index (χ0v) is 11.1. The summed E-state index contributed by atoms with van der Waals surface area (Å²) in [5.74, 6) is 0.686. The smallest absolute Gasteiger partial charge is 0.308 e. The molecule has 0 saturated heterocycles. The van der Waals surface area contributed by atoms with Crippen LogP contribution in [0.5, 0.6) is 0 Å². The van der Waals surface area contributed by atoms with Crippen molar-refractivity contribution in [1.29, 1.82) is 5.26 Å². The Hall–Kier alpha value is -1.82. The molecule has 0 atom stereocenters. The van der Waals surface area contributed by atoms with E-state index in [1.165, 1.54) is 25.5 Å². The number of nitriles is 1. The van der Waals surface area contributed by atoms with Crippen LogP contribution in [0.4, 0.5) is 0 Å². The summed E-state index contributed by atoms with van der Waals surface area (Å²) < 4.78 is 4.78. The van der Waals surface area contributed by atoms with Crippen molar-refractivity contribution in [2.24, 2.45) is 11.3 Å². The van der Waals surface area contributed by atoms with Crippen LogP contribution in [0.15, 0.2) is 24.3 Å². The van der Waals surface area contributed by atoms with Gasteiger partial charge in [0.15, 0.2) is 0 Å². The minimum absolute atomic E-state index is 0.0487. The first-order valence-electron chi connectivity index (χ1n) is 6.74. The molecule has 2 aliphatic carbocycles. The van der Waals surface area contributed by atoms with E-state index >= 15 is 0 Å². The van der Waals surface area contributed by atoms with Crippen LogP contribution in [0.3, 0.4) is 0 Å². The van der Waals surface area contributed by atoms with E-state index < -0.39 is 0 Å². The average Bonchev–Trinajstić information content (AvgIpc) is 2.35. The van der Waals surface area contributed by atoms with Gasteiger partial charge in [-0.2, -0.15) is 5.26 Å². The minimum atomic E-state index is -0.0487. The highest BCUT2D eigenvalue weighted by Gasteiger charge is 2.55. The second-order valence-electron chi connectivity index (χ2n) is 5.97. The largest absolute Gasteiger partial charge is 0.469 e. The Balaban J connectivity index is 1.56. The predicted molar refractivity (Wildman–Crippen MR) is 70.3 cm³/mol. The van der Waals surface area contributed by atoms with Gasteiger partial charge in [0.2, 0.25) is 0 Å². The fraction of sp³-hybridized carbons (Fsp3) is 0.500. The van der Waals surface area contributed by atoms with Gasteiger partial charge < -0.3 is 4.74 Å². The molecule has 0 unspecified atom stereocenters. The number of carbonyl (C=O) groups is 1. The van der Waals surface area contributed by atoms with E-state index in [4.69, 9.17) is 10.00 Å². The fourth-order valence-electron chi connectivity index (χ4n) is 3.70. The highest BCUT2D eigenvalue weighted by molar-refractivity contribution is 5.73. The minimum Gasteiger partial charge on any atom is -0.469 e. The van der Waals surface area contributed by atoms with Crippen molar-refractivity contribution in [3.8, 4) is 6.07 Å². The summed E-state index contributed by atoms with van der Waals surface area (Å²) >= 11 is 0. The lowest BCUT2D eigenvalue weighted by molar-refractivity contribution is -0.159. The third-order valence-electron chi connectivity index (χ3n) is 4.76. The summed E-state index contributed by atoms with van der Waals surface area (Å²) in [5.41, 5.74) is 2.44. The standard InChI is InChI=1S/C16H17NO2/c1-19-15(18)14-8-16(9-14)6-13(7-16)12-4-2-11(10-17)3-5-12/h2-5,13-14H,6-9H2,1H3. The van der Waals surface area contributed by atoms with E-state index in [0.717, 1.165) is 12.8 Å². The summed E-state index contributed by atoms with van der Waals surface area (Å²) in [4.78, 5) is 11.4. The van der Waals surface area contributed by atoms with E-state index in [2.05, 4.69) is 18.2 Å². The van der Waals surface area contributed by atoms with Gasteiger partial charge in [-0.05, 0) is 54.7 Å². The van der Waals surface area contributed by atoms with Crippen molar-refractivity contribution in [1.82, 2.24) is 0 Å². The molecular formula is C16H17NO2. The molecule has 2 saturated carbocycles. The number of benzene rings is 1. The molecule has 0 amide bonds. The molecule has 1 aromatic rings. The molecular weight excluding hydrogens is 238 g/mol. The normalized spacial score (nSPS) is 32.0. The van der Waals surface area contributed by atoms with Crippen molar-refractivity contribution in [3.05, 3.63) is 35.4 Å². The van der Waals surface area contributed by atoms with Crippen molar-refractivity contribution in [2.75, 3.05) is 7.11 Å². The fourth-order valence-corrected chi connectivity index (χ4v) is 3.70. The van der Waals surface area contributed by atoms with Gasteiger partial charge in [0.05, 0.1) is 24.7 Å². The van der Waals surface area contributed by atoms with Crippen LogP contribution in [0.25, 0.3) is 0 Å². The zero-order valence-electron chi connectivity index (χ0n) is 11.1. The van der Waals surface area contributed by atoms with E-state index in [1.54, 1.807) is 0 Å². The van der Waals surface area contributed by atoms with Crippen LogP contribution in [0.2, 0.25) is 0 Å². The summed E-state index contributed by atoms with van der Waals surface area (Å²) in [5, 5.41) is 8.78. The van der Waals surface area contributed by atoms with E-state index in [0.29, 0.717) is 16.9 Å². The SMILES string of the molecule is COC(=O)C1CC2(C1)CC(c1ccc(C#N)cc1)C2. The first-order chi connectivity index (χ1) is 9.15. The number of esters is 1. The molecule has 0 bridgehead atoms. The Morgan fingerprint density at radius 2 is 1.89 bits per heavy atom. The average molecular weight is 255 g/mol. The van der Waals surface area contributed by atoms with Crippen molar-refractivity contribution >= 4 is 5.97 Å². The van der Waals surface area contributed by atoms with Crippen LogP contribution in [0, 0.1) is 22.7 Å². The van der Waals surface area contributed by atoms with Gasteiger partial charge in [-0.15, -0.1) is 0 Å². The first-order valence-corrected chi connectivity index (χ1v) is 6.74. The van der Waals surface area contributed by atoms with Crippen LogP contribution in [-0.4, -0.2) is 13.1 Å². The molecule has 0 heterocycles. The third kappa shape index (κ3) is 2.02. The maximum absolute atomic E-state index is 11.4. The van der Waals surface area contributed by atoms with Gasteiger partial charge >= 0.3 is 5.97 Å². The highest BCUT2D eigenvalue weighted by atomic mass is 16.5. The maximum Gasteiger partial charge on any atom is 0.308 e. The first kappa shape index (κ1) is 12.2. The number of hydrogen-bond acceptors (Lipinski definition) is 3. The number of ether oxygens (including phenoxy) is 1. The number of rotatable bonds is 2. The second-order valence-corrected chi connectivity index (χ2v) is 5.97. The Bertz CT molecular complexity index is 527. The molecule has 2 fully saturated rings. The molecule has 0 aromatic heterocycles. The van der Waals surface area contributed by atoms with Crippen LogP contribution in [-0.2, 0) is 9.53 Å². The van der Waals surface area contributed by atoms with Crippen molar-refractivity contribution in [3.63, 3.8) is 0 Å². The zero-order chi connectivity index (χ0) is 13.5. The number of carbonyl (C=O) groups excluding carboxylic acids is 1. The number of nitrogens with zero attached hydrogens (tertiary/aromatic N) is 1. The second kappa shape index (κ2) is 4.38. The van der Waals surface area contributed by atoms with E-state index in [-0.39, 0.29) is 11.9 Å². The molecule has 1 aromatic carbocycles. The molecule has 3 heteroatoms. The summed E-state index contributed by atoms with van der Waals surface area (Å²) in [7, 11) is 1.47.